The van der Waals surface area contributed by atoms with Gasteiger partial charge in [0, 0.05) is 22.4 Å². The van der Waals surface area contributed by atoms with Gasteiger partial charge in [-0.05, 0) is 19.6 Å². The van der Waals surface area contributed by atoms with E-state index in [4.69, 9.17) is 0 Å². The molecule has 0 saturated carbocycles. The fourth-order valence-electron chi connectivity index (χ4n) is 0.671. The molecule has 0 aromatic rings. The van der Waals surface area contributed by atoms with E-state index in [1.807, 2.05) is 0 Å². The van der Waals surface area contributed by atoms with Gasteiger partial charge in [-0.1, -0.05) is 20.8 Å². The van der Waals surface area contributed by atoms with Crippen LogP contribution in [0.25, 0.3) is 0 Å². The van der Waals surface area contributed by atoms with Crippen molar-refractivity contribution < 1.29 is 22.4 Å². The van der Waals surface area contributed by atoms with Gasteiger partial charge in [-0.25, -0.2) is 0 Å². The van der Waals surface area contributed by atoms with E-state index in [9.17, 15) is 0 Å². The minimum atomic E-state index is 0. The van der Waals surface area contributed by atoms with Crippen LogP contribution in [0.3, 0.4) is 0 Å². The molecule has 0 heterocycles. The molecule has 1 radical (unpaired) electrons. The molecule has 0 aliphatic carbocycles. The van der Waals surface area contributed by atoms with Crippen LogP contribution in [0.4, 0.5) is 0 Å². The van der Waals surface area contributed by atoms with Crippen LogP contribution in [0, 0.1) is 0 Å². The summed E-state index contributed by atoms with van der Waals surface area (Å²) in [5.74, 6) is 0. The third-order valence-corrected chi connectivity index (χ3v) is 1.34. The molecule has 1 nitrogen and oxygen atoms in total. The van der Waals surface area contributed by atoms with Crippen molar-refractivity contribution in [3.63, 3.8) is 0 Å². The Balaban J connectivity index is 0. The molecule has 0 bridgehead atoms. The zero-order chi connectivity index (χ0) is 5.70. The molecule has 0 spiro atoms. The Morgan fingerprint density at radius 3 is 1.12 bits per heavy atom. The van der Waals surface area contributed by atoms with Gasteiger partial charge in [0.25, 0.3) is 0 Å². The van der Waals surface area contributed by atoms with E-state index in [0.717, 1.165) is 0 Å². The predicted molar refractivity (Wildman–Crippen MR) is 33.5 cm³/mol. The minimum absolute atomic E-state index is 0. The molecular weight excluding hydrogens is 283 g/mol. The van der Waals surface area contributed by atoms with Crippen LogP contribution in [0.1, 0.15) is 20.8 Å². The summed E-state index contributed by atoms with van der Waals surface area (Å²) in [6, 6.07) is 0. The van der Waals surface area contributed by atoms with Gasteiger partial charge in [-0.15, -0.1) is 0 Å². The van der Waals surface area contributed by atoms with Crippen LogP contribution in [-0.4, -0.2) is 24.5 Å². The maximum Gasteiger partial charge on any atom is 0 e. The van der Waals surface area contributed by atoms with Crippen molar-refractivity contribution in [2.24, 2.45) is 0 Å². The molecule has 0 unspecified atom stereocenters. The maximum absolute atomic E-state index is 2.38. The fourth-order valence-corrected chi connectivity index (χ4v) is 0.671. The van der Waals surface area contributed by atoms with Crippen molar-refractivity contribution in [1.82, 2.24) is 4.90 Å². The van der Waals surface area contributed by atoms with E-state index in [1.165, 1.54) is 19.6 Å². The van der Waals surface area contributed by atoms with Gasteiger partial charge < -0.3 is 4.90 Å². The zero-order valence-electron chi connectivity index (χ0n) is 5.87. The van der Waals surface area contributed by atoms with Crippen molar-refractivity contribution in [2.75, 3.05) is 19.6 Å². The maximum atomic E-state index is 2.38. The molecule has 0 aliphatic rings. The van der Waals surface area contributed by atoms with Crippen molar-refractivity contribution in [2.45, 2.75) is 20.8 Å². The predicted octanol–water partition coefficient (Wildman–Crippen LogP) is 1.35. The van der Waals surface area contributed by atoms with Gasteiger partial charge >= 0.3 is 0 Å². The monoisotopic (exact) mass is 298 g/mol. The van der Waals surface area contributed by atoms with Crippen LogP contribution in [0.15, 0.2) is 0 Å². The Hall–Kier alpha value is 0.700. The first-order chi connectivity index (χ1) is 3.35. The Labute approximate surface area is 68.0 Å². The van der Waals surface area contributed by atoms with Gasteiger partial charge in [0.15, 0.2) is 0 Å². The average Bonchev–Trinajstić information content (AvgIpc) is 1.72. The molecule has 0 rings (SSSR count). The van der Waals surface area contributed by atoms with Crippen molar-refractivity contribution in [3.05, 3.63) is 0 Å². The summed E-state index contributed by atoms with van der Waals surface area (Å²) in [5, 5.41) is 0. The van der Waals surface area contributed by atoms with E-state index in [1.54, 1.807) is 0 Å². The van der Waals surface area contributed by atoms with E-state index in [2.05, 4.69) is 25.7 Å². The Bertz CT molecular complexity index is 30.0. The first-order valence-corrected chi connectivity index (χ1v) is 3.07. The summed E-state index contributed by atoms with van der Waals surface area (Å²) in [6.07, 6.45) is 0. The third kappa shape index (κ3) is 4.85. The van der Waals surface area contributed by atoms with Gasteiger partial charge in [0.05, 0.1) is 0 Å². The van der Waals surface area contributed by atoms with Crippen molar-refractivity contribution in [1.29, 1.82) is 0 Å². The Morgan fingerprint density at radius 1 is 0.875 bits per heavy atom. The molecule has 55 valence electrons. The topological polar surface area (TPSA) is 3.24 Å². The molecule has 8 heavy (non-hydrogen) atoms. The molecule has 2 heteroatoms. The van der Waals surface area contributed by atoms with Gasteiger partial charge in [-0.3, -0.25) is 0 Å². The van der Waals surface area contributed by atoms with E-state index < -0.39 is 0 Å². The first-order valence-electron chi connectivity index (χ1n) is 3.07. The molecule has 0 N–H and O–H groups in total. The van der Waals surface area contributed by atoms with E-state index in [-0.39, 0.29) is 22.4 Å². The summed E-state index contributed by atoms with van der Waals surface area (Å²) in [5.41, 5.74) is 0. The van der Waals surface area contributed by atoms with Crippen LogP contribution in [0.2, 0.25) is 0 Å². The Kier molecular flexibility index (Phi) is 11.1. The normalized spacial score (nSPS) is 9.00. The molecule has 0 fully saturated rings. The van der Waals surface area contributed by atoms with Crippen molar-refractivity contribution >= 4 is 0 Å². The van der Waals surface area contributed by atoms with Gasteiger partial charge in [-0.2, -0.15) is 0 Å². The van der Waals surface area contributed by atoms with Crippen LogP contribution >= 0.6 is 0 Å². The molecule has 0 atom stereocenters. The molecule has 0 amide bonds. The fraction of sp³-hybridized carbons (Fsp3) is 1.00. The third-order valence-electron chi connectivity index (χ3n) is 1.34. The summed E-state index contributed by atoms with van der Waals surface area (Å²) < 4.78 is 0. The molecule has 0 aromatic carbocycles. The van der Waals surface area contributed by atoms with E-state index in [0.29, 0.717) is 0 Å². The van der Waals surface area contributed by atoms with Crippen molar-refractivity contribution in [3.8, 4) is 0 Å². The molecule has 0 saturated heterocycles. The van der Waals surface area contributed by atoms with Crippen LogP contribution in [0.5, 0.6) is 0 Å². The second-order valence-corrected chi connectivity index (χ2v) is 1.62. The molecule has 0 aliphatic heterocycles. The first kappa shape index (κ1) is 11.5. The molecule has 0 aromatic heterocycles. The number of hydrogen-bond acceptors (Lipinski definition) is 1. The second kappa shape index (κ2) is 7.70. The summed E-state index contributed by atoms with van der Waals surface area (Å²) in [6.45, 7) is 10.1. The number of hydrogen-bond donors (Lipinski definition) is 0. The Morgan fingerprint density at radius 2 is 1.12 bits per heavy atom. The largest absolute Gasteiger partial charge is 0.304 e. The number of rotatable bonds is 3. The minimum Gasteiger partial charge on any atom is -0.304 e. The summed E-state index contributed by atoms with van der Waals surface area (Å²) in [7, 11) is 0. The second-order valence-electron chi connectivity index (χ2n) is 1.62. The van der Waals surface area contributed by atoms with E-state index >= 15 is 0 Å². The van der Waals surface area contributed by atoms with Gasteiger partial charge in [0.2, 0.25) is 0 Å². The smallest absolute Gasteiger partial charge is 0 e. The molecular formula is C6H15AuN. The summed E-state index contributed by atoms with van der Waals surface area (Å²) in [4.78, 5) is 2.38. The quantitative estimate of drug-likeness (QED) is 0.711. The summed E-state index contributed by atoms with van der Waals surface area (Å²) >= 11 is 0. The average molecular weight is 298 g/mol. The SMILES string of the molecule is CCN(CC)CC.[Au]. The standard InChI is InChI=1S/C6H15N.Au/c1-4-7(5-2)6-3;/h4-6H2,1-3H3;. The zero-order valence-corrected chi connectivity index (χ0v) is 8.04. The van der Waals surface area contributed by atoms with Crippen LogP contribution < -0.4 is 0 Å². The van der Waals surface area contributed by atoms with Crippen LogP contribution in [-0.2, 0) is 22.4 Å². The van der Waals surface area contributed by atoms with Gasteiger partial charge in [0.1, 0.15) is 0 Å². The number of nitrogens with zero attached hydrogens (tertiary/aromatic N) is 1.